The molecule has 0 aromatic heterocycles. The Balaban J connectivity index is 3.57. The fraction of sp³-hybridized carbons (Fsp3) is 0.533. The molecule has 1 rings (SSSR count). The van der Waals surface area contributed by atoms with Crippen molar-refractivity contribution in [3.63, 3.8) is 0 Å². The molecule has 0 saturated heterocycles. The van der Waals surface area contributed by atoms with Gasteiger partial charge in [0, 0.05) is 6.54 Å². The molecular formula is C30H43NO8. The summed E-state index contributed by atoms with van der Waals surface area (Å²) in [6.07, 6.45) is -0.902. The van der Waals surface area contributed by atoms with E-state index in [0.717, 1.165) is 5.56 Å². The average Bonchev–Trinajstić information content (AvgIpc) is 2.86. The van der Waals surface area contributed by atoms with Crippen LogP contribution in [0.3, 0.4) is 0 Å². The van der Waals surface area contributed by atoms with Crippen LogP contribution in [0.25, 0.3) is 0 Å². The smallest absolute Gasteiger partial charge is 0.410 e. The monoisotopic (exact) mass is 545 g/mol. The summed E-state index contributed by atoms with van der Waals surface area (Å²) >= 11 is 0. The molecule has 0 fully saturated rings. The van der Waals surface area contributed by atoms with E-state index in [4.69, 9.17) is 18.9 Å². The van der Waals surface area contributed by atoms with Gasteiger partial charge < -0.3 is 18.9 Å². The van der Waals surface area contributed by atoms with Crippen molar-refractivity contribution in [3.8, 4) is 0 Å². The summed E-state index contributed by atoms with van der Waals surface area (Å²) in [6.45, 7) is 19.2. The standard InChI is InChI=1S/C30H43NO8/c1-10-18-31(28(35)37-20-21-16-14-13-15-17-21)22(19-24(32)36-12-3)25(39-27(34)30(7,8)9)23(11-2)38-26(33)29(4,5)6/h10-11,13-17,22-23,25H,1-2,12,18-20H2,3-9H3/t22-,23+,25+/m1/s1. The molecule has 9 heteroatoms. The van der Waals surface area contributed by atoms with Crippen molar-refractivity contribution in [2.45, 2.75) is 79.7 Å². The first-order chi connectivity index (χ1) is 18.1. The summed E-state index contributed by atoms with van der Waals surface area (Å²) in [5.41, 5.74) is -1.07. The van der Waals surface area contributed by atoms with Crippen molar-refractivity contribution in [3.05, 3.63) is 61.2 Å². The Hall–Kier alpha value is -3.62. The SMILES string of the molecule is C=CCN(C(=O)OCc1ccccc1)[C@H](CC(=O)OCC)[C@H](OC(=O)C(C)(C)C)[C@H](C=C)OC(=O)C(C)(C)C. The molecule has 0 aliphatic carbocycles. The van der Waals surface area contributed by atoms with Gasteiger partial charge in [-0.05, 0) is 60.1 Å². The molecule has 0 aliphatic heterocycles. The molecule has 0 aliphatic rings. The summed E-state index contributed by atoms with van der Waals surface area (Å²) in [5, 5.41) is 0. The third-order valence-corrected chi connectivity index (χ3v) is 5.49. The summed E-state index contributed by atoms with van der Waals surface area (Å²) in [5.74, 6) is -1.86. The molecule has 1 aromatic rings. The van der Waals surface area contributed by atoms with E-state index in [0.29, 0.717) is 0 Å². The topological polar surface area (TPSA) is 108 Å². The van der Waals surface area contributed by atoms with Crippen LogP contribution in [0.5, 0.6) is 0 Å². The number of ether oxygens (including phenoxy) is 4. The molecule has 0 bridgehead atoms. The number of benzene rings is 1. The maximum Gasteiger partial charge on any atom is 0.410 e. The molecule has 0 heterocycles. The molecule has 0 unspecified atom stereocenters. The summed E-state index contributed by atoms with van der Waals surface area (Å²) < 4.78 is 22.3. The highest BCUT2D eigenvalue weighted by atomic mass is 16.6. The predicted octanol–water partition coefficient (Wildman–Crippen LogP) is 5.23. The van der Waals surface area contributed by atoms with Gasteiger partial charge in [0.2, 0.25) is 0 Å². The molecule has 216 valence electrons. The molecular weight excluding hydrogens is 502 g/mol. The summed E-state index contributed by atoms with van der Waals surface area (Å²) in [4.78, 5) is 53.3. The molecule has 3 atom stereocenters. The Morgan fingerprint density at radius 2 is 1.46 bits per heavy atom. The van der Waals surface area contributed by atoms with E-state index in [1.54, 1.807) is 60.6 Å². The highest BCUT2D eigenvalue weighted by molar-refractivity contribution is 5.78. The van der Waals surface area contributed by atoms with E-state index in [-0.39, 0.29) is 26.2 Å². The second kappa shape index (κ2) is 15.1. The van der Waals surface area contributed by atoms with E-state index in [2.05, 4.69) is 13.2 Å². The number of amides is 1. The second-order valence-electron chi connectivity index (χ2n) is 11.0. The molecule has 0 radical (unpaired) electrons. The predicted molar refractivity (Wildman–Crippen MR) is 147 cm³/mol. The fourth-order valence-electron chi connectivity index (χ4n) is 3.30. The first-order valence-corrected chi connectivity index (χ1v) is 12.9. The quantitative estimate of drug-likeness (QED) is 0.188. The van der Waals surface area contributed by atoms with Gasteiger partial charge in [0.25, 0.3) is 0 Å². The Morgan fingerprint density at radius 1 is 0.897 bits per heavy atom. The third-order valence-electron chi connectivity index (χ3n) is 5.49. The number of hydrogen-bond donors (Lipinski definition) is 0. The van der Waals surface area contributed by atoms with Crippen LogP contribution in [-0.4, -0.2) is 60.3 Å². The lowest BCUT2D eigenvalue weighted by Crippen LogP contribution is -2.55. The Morgan fingerprint density at radius 3 is 1.95 bits per heavy atom. The summed E-state index contributed by atoms with van der Waals surface area (Å²) in [7, 11) is 0. The van der Waals surface area contributed by atoms with Gasteiger partial charge in [-0.1, -0.05) is 43.0 Å². The van der Waals surface area contributed by atoms with Crippen molar-refractivity contribution < 1.29 is 38.1 Å². The highest BCUT2D eigenvalue weighted by Crippen LogP contribution is 2.27. The normalized spacial score (nSPS) is 13.7. The van der Waals surface area contributed by atoms with E-state index < -0.39 is 53.1 Å². The zero-order valence-corrected chi connectivity index (χ0v) is 24.2. The van der Waals surface area contributed by atoms with Crippen LogP contribution < -0.4 is 0 Å². The van der Waals surface area contributed by atoms with Crippen molar-refractivity contribution in [1.29, 1.82) is 0 Å². The molecule has 0 N–H and O–H groups in total. The minimum atomic E-state index is -1.31. The fourth-order valence-corrected chi connectivity index (χ4v) is 3.30. The molecule has 1 amide bonds. The third kappa shape index (κ3) is 10.9. The lowest BCUT2D eigenvalue weighted by molar-refractivity contribution is -0.180. The number of esters is 3. The first-order valence-electron chi connectivity index (χ1n) is 12.9. The van der Waals surface area contributed by atoms with Gasteiger partial charge in [0.15, 0.2) is 12.2 Å². The molecule has 0 spiro atoms. The van der Waals surface area contributed by atoms with E-state index >= 15 is 0 Å². The molecule has 39 heavy (non-hydrogen) atoms. The maximum absolute atomic E-state index is 13.4. The zero-order chi connectivity index (χ0) is 29.8. The van der Waals surface area contributed by atoms with Crippen LogP contribution in [0.4, 0.5) is 4.79 Å². The van der Waals surface area contributed by atoms with Gasteiger partial charge >= 0.3 is 24.0 Å². The van der Waals surface area contributed by atoms with Crippen LogP contribution in [0.15, 0.2) is 55.6 Å². The second-order valence-corrected chi connectivity index (χ2v) is 11.0. The number of nitrogens with zero attached hydrogens (tertiary/aromatic N) is 1. The van der Waals surface area contributed by atoms with Crippen molar-refractivity contribution in [1.82, 2.24) is 4.90 Å². The average molecular weight is 546 g/mol. The van der Waals surface area contributed by atoms with Crippen LogP contribution in [0.2, 0.25) is 0 Å². The Kier molecular flexibility index (Phi) is 12.9. The largest absolute Gasteiger partial charge is 0.466 e. The number of carbonyl (C=O) groups is 4. The lowest BCUT2D eigenvalue weighted by Gasteiger charge is -2.38. The van der Waals surface area contributed by atoms with Crippen molar-refractivity contribution >= 4 is 24.0 Å². The highest BCUT2D eigenvalue weighted by Gasteiger charge is 2.43. The zero-order valence-electron chi connectivity index (χ0n) is 24.2. The van der Waals surface area contributed by atoms with E-state index in [1.807, 2.05) is 18.2 Å². The van der Waals surface area contributed by atoms with Gasteiger partial charge in [0.1, 0.15) is 6.61 Å². The lowest BCUT2D eigenvalue weighted by atomic mass is 9.94. The Bertz CT molecular complexity index is 990. The number of hydrogen-bond acceptors (Lipinski definition) is 8. The van der Waals surface area contributed by atoms with Crippen LogP contribution >= 0.6 is 0 Å². The van der Waals surface area contributed by atoms with Crippen molar-refractivity contribution in [2.75, 3.05) is 13.2 Å². The number of carbonyl (C=O) groups excluding carboxylic acids is 4. The van der Waals surface area contributed by atoms with Crippen molar-refractivity contribution in [2.24, 2.45) is 10.8 Å². The van der Waals surface area contributed by atoms with Crippen LogP contribution in [0.1, 0.15) is 60.5 Å². The minimum Gasteiger partial charge on any atom is -0.466 e. The minimum absolute atomic E-state index is 0.0320. The van der Waals surface area contributed by atoms with E-state index in [9.17, 15) is 19.2 Å². The molecule has 0 saturated carbocycles. The maximum atomic E-state index is 13.4. The first kappa shape index (κ1) is 33.4. The molecule has 1 aromatic carbocycles. The molecule has 9 nitrogen and oxygen atoms in total. The van der Waals surface area contributed by atoms with Crippen LogP contribution in [0, 0.1) is 10.8 Å². The van der Waals surface area contributed by atoms with Gasteiger partial charge in [-0.3, -0.25) is 19.3 Å². The van der Waals surface area contributed by atoms with Gasteiger partial charge in [-0.2, -0.15) is 0 Å². The van der Waals surface area contributed by atoms with Crippen LogP contribution in [-0.2, 0) is 39.9 Å². The van der Waals surface area contributed by atoms with Gasteiger partial charge in [-0.25, -0.2) is 4.79 Å². The van der Waals surface area contributed by atoms with Gasteiger partial charge in [0.05, 0.1) is 29.9 Å². The summed E-state index contributed by atoms with van der Waals surface area (Å²) in [6, 6.07) is 7.92. The van der Waals surface area contributed by atoms with E-state index in [1.165, 1.54) is 17.1 Å². The Labute approximate surface area is 232 Å². The number of rotatable bonds is 13. The van der Waals surface area contributed by atoms with Gasteiger partial charge in [-0.15, -0.1) is 6.58 Å².